The summed E-state index contributed by atoms with van der Waals surface area (Å²) in [7, 11) is 0. The standard InChI is InChI=1S/C30H48O5/c1-26(2)22-9-8-20-19(28(22,5)13-12-23(26)31)11-15-29(6)18(10-14-30(20,29)7)17-16-21(35-25(17)33)24(32)27(3,4)34/h8,17-19,21-22,24-25,32-34H,9-16H2,1-7H3/t17?,18-,19?,21?,22?,24+,25+,28+,29-,30+/m0/s1. The van der Waals surface area contributed by atoms with Gasteiger partial charge in [0.25, 0.3) is 0 Å². The third-order valence-corrected chi connectivity index (χ3v) is 12.4. The summed E-state index contributed by atoms with van der Waals surface area (Å²) in [5, 5.41) is 31.9. The zero-order chi connectivity index (χ0) is 25.8. The average molecular weight is 489 g/mol. The highest BCUT2D eigenvalue weighted by Gasteiger charge is 2.66. The van der Waals surface area contributed by atoms with Crippen molar-refractivity contribution >= 4 is 5.78 Å². The number of ketones is 1. The maximum absolute atomic E-state index is 12.8. The van der Waals surface area contributed by atoms with E-state index in [1.54, 1.807) is 19.4 Å². The monoisotopic (exact) mass is 488 g/mol. The number of hydrogen-bond donors (Lipinski definition) is 3. The second-order valence-electron chi connectivity index (χ2n) is 14.6. The molecule has 0 aromatic heterocycles. The molecule has 1 saturated heterocycles. The molecule has 5 nitrogen and oxygen atoms in total. The van der Waals surface area contributed by atoms with Crippen LogP contribution in [0.1, 0.15) is 99.8 Å². The SMILES string of the molecule is CC1(C)C(=O)CC[C@]2(C)C3CC[C@@]4(C)[C@H](C5CC([C@@H](O)C(C)(C)O)O[C@H]5O)CC[C@]4(C)C3=CCC12. The summed E-state index contributed by atoms with van der Waals surface area (Å²) in [5.74, 6) is 1.66. The van der Waals surface area contributed by atoms with Crippen molar-refractivity contribution in [3.8, 4) is 0 Å². The smallest absolute Gasteiger partial charge is 0.158 e. The van der Waals surface area contributed by atoms with Crippen molar-refractivity contribution in [2.45, 2.75) is 124 Å². The molecule has 198 valence electrons. The fourth-order valence-corrected chi connectivity index (χ4v) is 9.98. The summed E-state index contributed by atoms with van der Waals surface area (Å²) in [6.45, 7) is 14.9. The Labute approximate surface area is 211 Å². The molecule has 0 spiro atoms. The highest BCUT2D eigenvalue weighted by Crippen LogP contribution is 2.73. The third kappa shape index (κ3) is 3.43. The summed E-state index contributed by atoms with van der Waals surface area (Å²) < 4.78 is 5.86. The molecular weight excluding hydrogens is 440 g/mol. The molecule has 0 amide bonds. The number of allylic oxidation sites excluding steroid dienone is 2. The van der Waals surface area contributed by atoms with Crippen molar-refractivity contribution < 1.29 is 24.9 Å². The highest BCUT2D eigenvalue weighted by atomic mass is 16.6. The van der Waals surface area contributed by atoms with Crippen LogP contribution in [0.4, 0.5) is 0 Å². The van der Waals surface area contributed by atoms with Crippen molar-refractivity contribution in [3.05, 3.63) is 11.6 Å². The number of Topliss-reactive ketones (excluding diaryl/α,β-unsaturated/α-hetero) is 1. The van der Waals surface area contributed by atoms with E-state index in [9.17, 15) is 20.1 Å². The molecule has 4 unspecified atom stereocenters. The van der Waals surface area contributed by atoms with Gasteiger partial charge in [-0.05, 0) is 92.8 Å². The molecule has 0 aromatic carbocycles. The van der Waals surface area contributed by atoms with E-state index in [0.717, 1.165) is 38.5 Å². The molecular formula is C30H48O5. The van der Waals surface area contributed by atoms with Gasteiger partial charge in [-0.3, -0.25) is 4.79 Å². The molecule has 4 fully saturated rings. The Hall–Kier alpha value is -0.750. The van der Waals surface area contributed by atoms with Gasteiger partial charge < -0.3 is 20.1 Å². The lowest BCUT2D eigenvalue weighted by molar-refractivity contribution is -0.172. The van der Waals surface area contributed by atoms with Gasteiger partial charge in [0.05, 0.1) is 11.7 Å². The van der Waals surface area contributed by atoms with Crippen LogP contribution < -0.4 is 0 Å². The van der Waals surface area contributed by atoms with Gasteiger partial charge >= 0.3 is 0 Å². The molecule has 0 radical (unpaired) electrons. The van der Waals surface area contributed by atoms with Crippen LogP contribution in [0.25, 0.3) is 0 Å². The number of aliphatic hydroxyl groups is 3. The largest absolute Gasteiger partial charge is 0.388 e. The van der Waals surface area contributed by atoms with Gasteiger partial charge in [0, 0.05) is 17.8 Å². The van der Waals surface area contributed by atoms with E-state index >= 15 is 0 Å². The Kier molecular flexibility index (Phi) is 5.83. The van der Waals surface area contributed by atoms with E-state index < -0.39 is 24.1 Å². The fraction of sp³-hybridized carbons (Fsp3) is 0.900. The van der Waals surface area contributed by atoms with Crippen molar-refractivity contribution in [1.82, 2.24) is 0 Å². The van der Waals surface area contributed by atoms with Crippen molar-refractivity contribution in [2.24, 2.45) is 45.3 Å². The Morgan fingerprint density at radius 3 is 2.43 bits per heavy atom. The fourth-order valence-electron chi connectivity index (χ4n) is 9.98. The second-order valence-corrected chi connectivity index (χ2v) is 14.6. The zero-order valence-corrected chi connectivity index (χ0v) is 22.9. The zero-order valence-electron chi connectivity index (χ0n) is 22.9. The van der Waals surface area contributed by atoms with Crippen LogP contribution >= 0.6 is 0 Å². The van der Waals surface area contributed by atoms with Crippen LogP contribution in [-0.4, -0.2) is 45.2 Å². The van der Waals surface area contributed by atoms with Crippen molar-refractivity contribution in [1.29, 1.82) is 0 Å². The summed E-state index contributed by atoms with van der Waals surface area (Å²) in [5.41, 5.74) is 0.409. The molecule has 10 atom stereocenters. The van der Waals surface area contributed by atoms with Crippen LogP contribution in [0, 0.1) is 45.3 Å². The number of ether oxygens (including phenoxy) is 1. The summed E-state index contributed by atoms with van der Waals surface area (Å²) >= 11 is 0. The first-order valence-electron chi connectivity index (χ1n) is 14.0. The Morgan fingerprint density at radius 1 is 1.09 bits per heavy atom. The lowest BCUT2D eigenvalue weighted by Gasteiger charge is -2.63. The van der Waals surface area contributed by atoms with Gasteiger partial charge in [-0.15, -0.1) is 0 Å². The first-order chi connectivity index (χ1) is 16.1. The average Bonchev–Trinajstić information content (AvgIpc) is 3.26. The number of hydrogen-bond acceptors (Lipinski definition) is 5. The minimum atomic E-state index is -1.26. The van der Waals surface area contributed by atoms with Crippen LogP contribution in [0.2, 0.25) is 0 Å². The highest BCUT2D eigenvalue weighted by molar-refractivity contribution is 5.85. The van der Waals surface area contributed by atoms with Gasteiger partial charge in [-0.25, -0.2) is 0 Å². The quantitative estimate of drug-likeness (QED) is 0.486. The molecule has 35 heavy (non-hydrogen) atoms. The molecule has 5 heteroatoms. The Morgan fingerprint density at radius 2 is 1.77 bits per heavy atom. The molecule has 3 saturated carbocycles. The van der Waals surface area contributed by atoms with E-state index in [1.165, 1.54) is 0 Å². The number of carbonyl (C=O) groups excluding carboxylic acids is 1. The maximum Gasteiger partial charge on any atom is 0.158 e. The van der Waals surface area contributed by atoms with Crippen molar-refractivity contribution in [2.75, 3.05) is 0 Å². The summed E-state index contributed by atoms with van der Waals surface area (Å²) in [4.78, 5) is 12.8. The van der Waals surface area contributed by atoms with E-state index in [0.29, 0.717) is 36.4 Å². The first kappa shape index (κ1) is 25.9. The lowest BCUT2D eigenvalue weighted by atomic mass is 9.41. The predicted octanol–water partition coefficient (Wildman–Crippen LogP) is 5.02. The predicted molar refractivity (Wildman–Crippen MR) is 135 cm³/mol. The minimum Gasteiger partial charge on any atom is -0.388 e. The Balaban J connectivity index is 1.44. The molecule has 4 aliphatic carbocycles. The molecule has 5 rings (SSSR count). The number of fused-ring (bicyclic) bond motifs is 5. The molecule has 1 aliphatic heterocycles. The molecule has 0 aromatic rings. The van der Waals surface area contributed by atoms with E-state index in [-0.39, 0.29) is 27.6 Å². The molecule has 5 aliphatic rings. The van der Waals surface area contributed by atoms with Gasteiger partial charge in [0.15, 0.2) is 6.29 Å². The van der Waals surface area contributed by atoms with Crippen LogP contribution in [0.3, 0.4) is 0 Å². The van der Waals surface area contributed by atoms with E-state index in [4.69, 9.17) is 4.74 Å². The van der Waals surface area contributed by atoms with Crippen LogP contribution in [-0.2, 0) is 9.53 Å². The normalized spacial score (nSPS) is 50.2. The van der Waals surface area contributed by atoms with Crippen LogP contribution in [0.5, 0.6) is 0 Å². The maximum atomic E-state index is 12.8. The molecule has 0 bridgehead atoms. The number of rotatable bonds is 3. The van der Waals surface area contributed by atoms with Crippen molar-refractivity contribution in [3.63, 3.8) is 0 Å². The van der Waals surface area contributed by atoms with Crippen LogP contribution in [0.15, 0.2) is 11.6 Å². The first-order valence-corrected chi connectivity index (χ1v) is 14.0. The minimum absolute atomic E-state index is 0.0286. The number of carbonyl (C=O) groups is 1. The number of aliphatic hydroxyl groups excluding tert-OH is 2. The topological polar surface area (TPSA) is 87.0 Å². The van der Waals surface area contributed by atoms with E-state index in [1.807, 2.05) is 0 Å². The van der Waals surface area contributed by atoms with Gasteiger partial charge in [0.1, 0.15) is 11.9 Å². The Bertz CT molecular complexity index is 916. The third-order valence-electron chi connectivity index (χ3n) is 12.4. The van der Waals surface area contributed by atoms with Gasteiger partial charge in [-0.1, -0.05) is 46.3 Å². The van der Waals surface area contributed by atoms with Gasteiger partial charge in [-0.2, -0.15) is 0 Å². The second kappa shape index (κ2) is 7.88. The summed E-state index contributed by atoms with van der Waals surface area (Å²) in [6, 6.07) is 0. The van der Waals surface area contributed by atoms with Gasteiger partial charge in [0.2, 0.25) is 0 Å². The molecule has 1 heterocycles. The summed E-state index contributed by atoms with van der Waals surface area (Å²) in [6.07, 6.45) is 7.78. The van der Waals surface area contributed by atoms with E-state index in [2.05, 4.69) is 40.7 Å². The lowest BCUT2D eigenvalue weighted by Crippen LogP contribution is -2.57. The molecule has 3 N–H and O–H groups in total.